The van der Waals surface area contributed by atoms with Crippen molar-refractivity contribution in [3.8, 4) is 11.5 Å². The minimum absolute atomic E-state index is 0.0610. The van der Waals surface area contributed by atoms with Gasteiger partial charge in [-0.3, -0.25) is 10.1 Å². The van der Waals surface area contributed by atoms with Crippen LogP contribution in [0.2, 0.25) is 0 Å². The van der Waals surface area contributed by atoms with Gasteiger partial charge in [0.15, 0.2) is 0 Å². The lowest BCUT2D eigenvalue weighted by Crippen LogP contribution is -2.04. The SMILES string of the molecule is CCCCc1c(/C=C/C(=O)Oc2ccc([N+](=O)[O-])cc2)cc(OC)c2ccccc12. The Hall–Kier alpha value is -3.67. The van der Waals surface area contributed by atoms with Crippen LogP contribution in [0.5, 0.6) is 11.5 Å². The molecule has 0 heterocycles. The number of rotatable bonds is 8. The maximum absolute atomic E-state index is 12.3. The number of benzene rings is 3. The van der Waals surface area contributed by atoms with Gasteiger partial charge in [-0.25, -0.2) is 4.79 Å². The molecule has 0 aliphatic carbocycles. The van der Waals surface area contributed by atoms with Crippen molar-refractivity contribution in [3.63, 3.8) is 0 Å². The zero-order valence-corrected chi connectivity index (χ0v) is 17.0. The molecule has 0 fully saturated rings. The lowest BCUT2D eigenvalue weighted by molar-refractivity contribution is -0.384. The Morgan fingerprint density at radius 3 is 2.43 bits per heavy atom. The molecule has 6 nitrogen and oxygen atoms in total. The van der Waals surface area contributed by atoms with Crippen LogP contribution in [-0.2, 0) is 11.2 Å². The van der Waals surface area contributed by atoms with Gasteiger partial charge in [0.25, 0.3) is 5.69 Å². The number of fused-ring (bicyclic) bond motifs is 1. The molecule has 3 rings (SSSR count). The summed E-state index contributed by atoms with van der Waals surface area (Å²) in [5.41, 5.74) is 2.00. The molecule has 0 amide bonds. The summed E-state index contributed by atoms with van der Waals surface area (Å²) in [6.07, 6.45) is 6.07. The molecular weight excluding hydrogens is 382 g/mol. The smallest absolute Gasteiger partial charge is 0.336 e. The van der Waals surface area contributed by atoms with E-state index in [-0.39, 0.29) is 11.4 Å². The Labute approximate surface area is 174 Å². The Bertz CT molecular complexity index is 1090. The molecule has 0 saturated heterocycles. The predicted octanol–water partition coefficient (Wildman–Crippen LogP) is 5.72. The highest BCUT2D eigenvalue weighted by Gasteiger charge is 2.12. The first-order valence-corrected chi connectivity index (χ1v) is 9.76. The number of unbranched alkanes of at least 4 members (excludes halogenated alkanes) is 1. The zero-order valence-electron chi connectivity index (χ0n) is 17.0. The average molecular weight is 405 g/mol. The summed E-state index contributed by atoms with van der Waals surface area (Å²) in [7, 11) is 1.63. The van der Waals surface area contributed by atoms with E-state index in [1.165, 1.54) is 30.3 Å². The number of nitro groups is 1. The minimum atomic E-state index is -0.558. The fraction of sp³-hybridized carbons (Fsp3) is 0.208. The third kappa shape index (κ3) is 4.84. The number of hydrogen-bond donors (Lipinski definition) is 0. The highest BCUT2D eigenvalue weighted by Crippen LogP contribution is 2.33. The summed E-state index contributed by atoms with van der Waals surface area (Å²) in [6.45, 7) is 2.14. The van der Waals surface area contributed by atoms with Crippen molar-refractivity contribution >= 4 is 28.5 Å². The van der Waals surface area contributed by atoms with Crippen LogP contribution >= 0.6 is 0 Å². The van der Waals surface area contributed by atoms with Crippen LogP contribution in [0.3, 0.4) is 0 Å². The summed E-state index contributed by atoms with van der Waals surface area (Å²) in [4.78, 5) is 22.5. The van der Waals surface area contributed by atoms with Crippen LogP contribution in [0, 0.1) is 10.1 Å². The van der Waals surface area contributed by atoms with Crippen molar-refractivity contribution in [2.75, 3.05) is 7.11 Å². The van der Waals surface area contributed by atoms with Gasteiger partial charge in [0.1, 0.15) is 11.5 Å². The van der Waals surface area contributed by atoms with Gasteiger partial charge in [0, 0.05) is 23.6 Å². The second kappa shape index (κ2) is 9.69. The van der Waals surface area contributed by atoms with Crippen molar-refractivity contribution in [2.24, 2.45) is 0 Å². The molecule has 0 radical (unpaired) electrons. The number of carbonyl (C=O) groups is 1. The van der Waals surface area contributed by atoms with E-state index in [9.17, 15) is 14.9 Å². The van der Waals surface area contributed by atoms with E-state index in [0.29, 0.717) is 0 Å². The van der Waals surface area contributed by atoms with Crippen LogP contribution in [0.1, 0.15) is 30.9 Å². The van der Waals surface area contributed by atoms with Gasteiger partial charge < -0.3 is 9.47 Å². The average Bonchev–Trinajstić information content (AvgIpc) is 2.76. The molecule has 6 heteroatoms. The third-order valence-electron chi connectivity index (χ3n) is 4.82. The second-order valence-electron chi connectivity index (χ2n) is 6.80. The van der Waals surface area contributed by atoms with Crippen LogP contribution in [-0.4, -0.2) is 18.0 Å². The third-order valence-corrected chi connectivity index (χ3v) is 4.82. The van der Waals surface area contributed by atoms with Crippen molar-refractivity contribution in [1.82, 2.24) is 0 Å². The first kappa shape index (κ1) is 21.0. The number of non-ortho nitro benzene ring substituents is 1. The number of nitrogens with zero attached hydrogens (tertiary/aromatic N) is 1. The molecule has 3 aromatic carbocycles. The van der Waals surface area contributed by atoms with Crippen molar-refractivity contribution in [2.45, 2.75) is 26.2 Å². The lowest BCUT2D eigenvalue weighted by atomic mass is 9.94. The maximum Gasteiger partial charge on any atom is 0.336 e. The number of esters is 1. The van der Waals surface area contributed by atoms with E-state index in [2.05, 4.69) is 13.0 Å². The second-order valence-corrected chi connectivity index (χ2v) is 6.80. The molecule has 0 N–H and O–H groups in total. The first-order valence-electron chi connectivity index (χ1n) is 9.76. The standard InChI is InChI=1S/C24H23NO5/c1-3-4-7-20-17(16-23(29-2)22-9-6-5-8-21(20)22)10-15-24(26)30-19-13-11-18(12-14-19)25(27)28/h5-6,8-16H,3-4,7H2,1-2H3/b15-10+. The highest BCUT2D eigenvalue weighted by atomic mass is 16.6. The van der Waals surface area contributed by atoms with Gasteiger partial charge in [0.05, 0.1) is 12.0 Å². The summed E-state index contributed by atoms with van der Waals surface area (Å²) in [5.74, 6) is 0.434. The topological polar surface area (TPSA) is 78.7 Å². The largest absolute Gasteiger partial charge is 0.496 e. The Morgan fingerprint density at radius 2 is 1.80 bits per heavy atom. The highest BCUT2D eigenvalue weighted by molar-refractivity contribution is 5.96. The van der Waals surface area contributed by atoms with E-state index in [1.54, 1.807) is 13.2 Å². The van der Waals surface area contributed by atoms with Gasteiger partial charge >= 0.3 is 5.97 Å². The molecule has 154 valence electrons. The Balaban J connectivity index is 1.88. The molecule has 0 bridgehead atoms. The number of carbonyl (C=O) groups excluding carboxylic acids is 1. The summed E-state index contributed by atoms with van der Waals surface area (Å²) >= 11 is 0. The summed E-state index contributed by atoms with van der Waals surface area (Å²) in [5, 5.41) is 12.9. The van der Waals surface area contributed by atoms with Crippen LogP contribution < -0.4 is 9.47 Å². The number of hydrogen-bond acceptors (Lipinski definition) is 5. The van der Waals surface area contributed by atoms with Crippen molar-refractivity contribution < 1.29 is 19.2 Å². The Morgan fingerprint density at radius 1 is 1.10 bits per heavy atom. The fourth-order valence-corrected chi connectivity index (χ4v) is 3.32. The van der Waals surface area contributed by atoms with E-state index < -0.39 is 10.9 Å². The summed E-state index contributed by atoms with van der Waals surface area (Å²) in [6, 6.07) is 15.4. The zero-order chi connectivity index (χ0) is 21.5. The van der Waals surface area contributed by atoms with Gasteiger partial charge in [0.2, 0.25) is 0 Å². The minimum Gasteiger partial charge on any atom is -0.496 e. The quantitative estimate of drug-likeness (QED) is 0.157. The molecule has 3 aromatic rings. The van der Waals surface area contributed by atoms with E-state index in [0.717, 1.165) is 46.9 Å². The molecular formula is C24H23NO5. The van der Waals surface area contributed by atoms with Crippen molar-refractivity contribution in [3.05, 3.63) is 81.9 Å². The van der Waals surface area contributed by atoms with Gasteiger partial charge in [-0.2, -0.15) is 0 Å². The molecule has 0 aromatic heterocycles. The van der Waals surface area contributed by atoms with Crippen molar-refractivity contribution in [1.29, 1.82) is 0 Å². The van der Waals surface area contributed by atoms with E-state index >= 15 is 0 Å². The number of methoxy groups -OCH3 is 1. The molecule has 30 heavy (non-hydrogen) atoms. The Kier molecular flexibility index (Phi) is 6.80. The van der Waals surface area contributed by atoms with Gasteiger partial charge in [-0.15, -0.1) is 0 Å². The molecule has 0 aliphatic rings. The van der Waals surface area contributed by atoms with Crippen LogP contribution in [0.4, 0.5) is 5.69 Å². The van der Waals surface area contributed by atoms with Crippen LogP contribution in [0.25, 0.3) is 16.8 Å². The van der Waals surface area contributed by atoms with E-state index in [4.69, 9.17) is 9.47 Å². The monoisotopic (exact) mass is 405 g/mol. The molecule has 0 aliphatic heterocycles. The maximum atomic E-state index is 12.3. The fourth-order valence-electron chi connectivity index (χ4n) is 3.32. The molecule has 0 atom stereocenters. The number of ether oxygens (including phenoxy) is 2. The number of nitro benzene ring substituents is 1. The van der Waals surface area contributed by atoms with Crippen LogP contribution in [0.15, 0.2) is 60.7 Å². The van der Waals surface area contributed by atoms with E-state index in [1.807, 2.05) is 24.3 Å². The molecule has 0 saturated carbocycles. The van der Waals surface area contributed by atoms with Gasteiger partial charge in [-0.05, 0) is 53.6 Å². The lowest BCUT2D eigenvalue weighted by Gasteiger charge is -2.14. The first-order chi connectivity index (χ1) is 14.5. The summed E-state index contributed by atoms with van der Waals surface area (Å²) < 4.78 is 10.8. The predicted molar refractivity (Wildman–Crippen MR) is 117 cm³/mol. The number of aryl methyl sites for hydroxylation is 1. The van der Waals surface area contributed by atoms with Gasteiger partial charge in [-0.1, -0.05) is 37.6 Å². The molecule has 0 spiro atoms. The molecule has 0 unspecified atom stereocenters. The normalized spacial score (nSPS) is 11.0.